The molecule has 1 aliphatic rings. The van der Waals surface area contributed by atoms with E-state index in [0.717, 1.165) is 12.0 Å². The summed E-state index contributed by atoms with van der Waals surface area (Å²) in [5.74, 6) is -0.0233. The number of carbonyl (C=O) groups excluding carboxylic acids is 1. The lowest BCUT2D eigenvalue weighted by Gasteiger charge is -2.40. The van der Waals surface area contributed by atoms with Gasteiger partial charge in [-0.25, -0.2) is 4.79 Å². The van der Waals surface area contributed by atoms with Crippen molar-refractivity contribution in [3.05, 3.63) is 35.9 Å². The molecule has 1 fully saturated rings. The van der Waals surface area contributed by atoms with Gasteiger partial charge in [-0.3, -0.25) is 4.79 Å². The first-order valence-electron chi connectivity index (χ1n) is 7.91. The number of carboxylic acid groups (broad SMARTS) is 1. The average molecular weight is 320 g/mol. The summed E-state index contributed by atoms with van der Waals surface area (Å²) in [5.41, 5.74) is 0.301. The van der Waals surface area contributed by atoms with E-state index in [1.807, 2.05) is 30.3 Å². The fourth-order valence-corrected chi connectivity index (χ4v) is 3.07. The van der Waals surface area contributed by atoms with Gasteiger partial charge in [0.2, 0.25) is 5.91 Å². The number of piperidine rings is 1. The minimum absolute atomic E-state index is 0.0233. The van der Waals surface area contributed by atoms with Crippen LogP contribution in [-0.2, 0) is 14.9 Å². The number of benzene rings is 1. The molecule has 1 aliphatic heterocycles. The van der Waals surface area contributed by atoms with Gasteiger partial charge in [-0.05, 0) is 24.8 Å². The molecule has 0 atom stereocenters. The van der Waals surface area contributed by atoms with E-state index in [2.05, 4.69) is 5.32 Å². The summed E-state index contributed by atoms with van der Waals surface area (Å²) >= 11 is 0. The molecule has 0 aliphatic carbocycles. The van der Waals surface area contributed by atoms with Crippen LogP contribution in [0.2, 0.25) is 0 Å². The Morgan fingerprint density at radius 2 is 1.91 bits per heavy atom. The molecule has 2 N–H and O–H groups in total. The highest BCUT2D eigenvalue weighted by molar-refractivity contribution is 5.88. The van der Waals surface area contributed by atoms with Crippen LogP contribution in [0.4, 0.5) is 4.79 Å². The van der Waals surface area contributed by atoms with E-state index in [0.29, 0.717) is 39.1 Å². The number of carbonyl (C=O) groups is 2. The molecule has 0 spiro atoms. The maximum absolute atomic E-state index is 12.8. The predicted molar refractivity (Wildman–Crippen MR) is 86.5 cm³/mol. The fraction of sp³-hybridized carbons (Fsp3) is 0.529. The van der Waals surface area contributed by atoms with E-state index in [9.17, 15) is 9.59 Å². The van der Waals surface area contributed by atoms with Gasteiger partial charge in [0.25, 0.3) is 0 Å². The lowest BCUT2D eigenvalue weighted by Crippen LogP contribution is -2.52. The highest BCUT2D eigenvalue weighted by Gasteiger charge is 2.43. The minimum atomic E-state index is -0.924. The Hall–Kier alpha value is -2.08. The normalized spacial score (nSPS) is 16.8. The van der Waals surface area contributed by atoms with Gasteiger partial charge in [0.05, 0.1) is 5.41 Å². The third-order valence-corrected chi connectivity index (χ3v) is 4.46. The van der Waals surface area contributed by atoms with Gasteiger partial charge < -0.3 is 20.1 Å². The Balaban J connectivity index is 2.13. The molecule has 0 radical (unpaired) electrons. The summed E-state index contributed by atoms with van der Waals surface area (Å²) in [5, 5.41) is 12.1. The van der Waals surface area contributed by atoms with Crippen LogP contribution < -0.4 is 5.32 Å². The molecule has 0 aromatic heterocycles. The zero-order chi connectivity index (χ0) is 16.7. The van der Waals surface area contributed by atoms with Crippen LogP contribution in [0.15, 0.2) is 30.3 Å². The quantitative estimate of drug-likeness (QED) is 0.784. The lowest BCUT2D eigenvalue weighted by atomic mass is 9.72. The Morgan fingerprint density at radius 3 is 2.48 bits per heavy atom. The Bertz CT molecular complexity index is 525. The van der Waals surface area contributed by atoms with E-state index in [4.69, 9.17) is 9.84 Å². The minimum Gasteiger partial charge on any atom is -0.465 e. The predicted octanol–water partition coefficient (Wildman–Crippen LogP) is 1.85. The number of hydrogen-bond donors (Lipinski definition) is 2. The lowest BCUT2D eigenvalue weighted by molar-refractivity contribution is -0.128. The molecule has 1 aromatic carbocycles. The SMILES string of the molecule is COCCCNC(=O)C1(c2ccccc2)CCN(C(=O)O)CC1. The summed E-state index contributed by atoms with van der Waals surface area (Å²) < 4.78 is 5.00. The van der Waals surface area contributed by atoms with Crippen molar-refractivity contribution in [1.29, 1.82) is 0 Å². The van der Waals surface area contributed by atoms with Crippen molar-refractivity contribution in [1.82, 2.24) is 10.2 Å². The summed E-state index contributed by atoms with van der Waals surface area (Å²) in [6.07, 6.45) is 0.833. The highest BCUT2D eigenvalue weighted by Crippen LogP contribution is 2.35. The second-order valence-electron chi connectivity index (χ2n) is 5.82. The van der Waals surface area contributed by atoms with Gasteiger partial charge in [0.1, 0.15) is 0 Å². The molecule has 1 saturated heterocycles. The zero-order valence-corrected chi connectivity index (χ0v) is 13.5. The number of ether oxygens (including phenoxy) is 1. The number of hydrogen-bond acceptors (Lipinski definition) is 3. The van der Waals surface area contributed by atoms with Gasteiger partial charge in [-0.1, -0.05) is 30.3 Å². The number of amides is 2. The monoisotopic (exact) mass is 320 g/mol. The van der Waals surface area contributed by atoms with E-state index < -0.39 is 11.5 Å². The number of rotatable bonds is 6. The van der Waals surface area contributed by atoms with Crippen molar-refractivity contribution in [2.75, 3.05) is 33.4 Å². The molecule has 2 amide bonds. The number of nitrogens with zero attached hydrogens (tertiary/aromatic N) is 1. The molecule has 0 unspecified atom stereocenters. The molecule has 1 heterocycles. The molecule has 126 valence electrons. The van der Waals surface area contributed by atoms with Crippen LogP contribution in [0.3, 0.4) is 0 Å². The molecule has 1 aromatic rings. The van der Waals surface area contributed by atoms with Crippen LogP contribution >= 0.6 is 0 Å². The Labute approximate surface area is 136 Å². The second-order valence-corrected chi connectivity index (χ2v) is 5.82. The fourth-order valence-electron chi connectivity index (χ4n) is 3.07. The summed E-state index contributed by atoms with van der Waals surface area (Å²) in [6, 6.07) is 9.65. The maximum Gasteiger partial charge on any atom is 0.407 e. The first kappa shape index (κ1) is 17.3. The van der Waals surface area contributed by atoms with Crippen LogP contribution in [-0.4, -0.2) is 55.4 Å². The molecule has 6 nitrogen and oxygen atoms in total. The smallest absolute Gasteiger partial charge is 0.407 e. The third kappa shape index (κ3) is 4.01. The molecular weight excluding hydrogens is 296 g/mol. The van der Waals surface area contributed by atoms with Crippen molar-refractivity contribution < 1.29 is 19.4 Å². The number of likely N-dealkylation sites (tertiary alicyclic amines) is 1. The van der Waals surface area contributed by atoms with Crippen LogP contribution in [0, 0.1) is 0 Å². The Morgan fingerprint density at radius 1 is 1.26 bits per heavy atom. The summed E-state index contributed by atoms with van der Waals surface area (Å²) in [7, 11) is 1.63. The van der Waals surface area contributed by atoms with Crippen LogP contribution in [0.25, 0.3) is 0 Å². The molecule has 0 saturated carbocycles. The van der Waals surface area contributed by atoms with Gasteiger partial charge >= 0.3 is 6.09 Å². The van der Waals surface area contributed by atoms with E-state index in [1.165, 1.54) is 4.90 Å². The van der Waals surface area contributed by atoms with Crippen LogP contribution in [0.1, 0.15) is 24.8 Å². The first-order chi connectivity index (χ1) is 11.1. The number of methoxy groups -OCH3 is 1. The molecule has 0 bridgehead atoms. The van der Waals surface area contributed by atoms with Crippen molar-refractivity contribution >= 4 is 12.0 Å². The molecule has 6 heteroatoms. The van der Waals surface area contributed by atoms with Crippen LogP contribution in [0.5, 0.6) is 0 Å². The van der Waals surface area contributed by atoms with E-state index >= 15 is 0 Å². The van der Waals surface area contributed by atoms with Gasteiger partial charge in [-0.15, -0.1) is 0 Å². The van der Waals surface area contributed by atoms with Crippen molar-refractivity contribution in [3.8, 4) is 0 Å². The highest BCUT2D eigenvalue weighted by atomic mass is 16.5. The molecule has 23 heavy (non-hydrogen) atoms. The average Bonchev–Trinajstić information content (AvgIpc) is 2.59. The maximum atomic E-state index is 12.8. The first-order valence-corrected chi connectivity index (χ1v) is 7.91. The van der Waals surface area contributed by atoms with Crippen molar-refractivity contribution in [2.45, 2.75) is 24.7 Å². The van der Waals surface area contributed by atoms with E-state index in [1.54, 1.807) is 7.11 Å². The molecule has 2 rings (SSSR count). The summed E-state index contributed by atoms with van der Waals surface area (Å²) in [4.78, 5) is 25.3. The van der Waals surface area contributed by atoms with Crippen molar-refractivity contribution in [3.63, 3.8) is 0 Å². The Kier molecular flexibility index (Phi) is 5.98. The summed E-state index contributed by atoms with van der Waals surface area (Å²) in [6.45, 7) is 1.90. The largest absolute Gasteiger partial charge is 0.465 e. The topological polar surface area (TPSA) is 78.9 Å². The van der Waals surface area contributed by atoms with Gasteiger partial charge in [0.15, 0.2) is 0 Å². The standard InChI is InChI=1S/C17H24N2O4/c1-23-13-5-10-18-15(20)17(14-6-3-2-4-7-14)8-11-19(12-9-17)16(21)22/h2-4,6-7H,5,8-13H2,1H3,(H,18,20)(H,21,22). The zero-order valence-electron chi connectivity index (χ0n) is 13.5. The number of nitrogens with one attached hydrogen (secondary N) is 1. The van der Waals surface area contributed by atoms with E-state index in [-0.39, 0.29) is 5.91 Å². The molecular formula is C17H24N2O4. The van der Waals surface area contributed by atoms with Gasteiger partial charge in [-0.2, -0.15) is 0 Å². The van der Waals surface area contributed by atoms with Crippen molar-refractivity contribution in [2.24, 2.45) is 0 Å². The third-order valence-electron chi connectivity index (χ3n) is 4.46. The van der Waals surface area contributed by atoms with Gasteiger partial charge in [0, 0.05) is 33.4 Å². The second kappa shape index (κ2) is 7.97.